The van der Waals surface area contributed by atoms with E-state index in [1.807, 2.05) is 159 Å². The van der Waals surface area contributed by atoms with Crippen molar-refractivity contribution in [3.63, 3.8) is 0 Å². The molecule has 0 unspecified atom stereocenters. The highest BCUT2D eigenvalue weighted by atomic mass is 16.5. The molecule has 16 bridgehead atoms. The van der Waals surface area contributed by atoms with Crippen molar-refractivity contribution in [2.24, 2.45) is 0 Å². The number of carbonyl (C=O) groups excluding carboxylic acids is 2. The van der Waals surface area contributed by atoms with Crippen molar-refractivity contribution in [2.75, 3.05) is 13.2 Å². The predicted octanol–water partition coefficient (Wildman–Crippen LogP) is 23.7. The SMILES string of the molecule is CCOC(=O)C1=C2C(=C(C#CC#CC3=C4C(=C(C(=O)OCC)C3)c3nc4c(-c4ccccc4)c4ccc([nH]4)c(-c4ccccc4)c4nc(c(-c5ccccc5)c5ccc([nH]5)c3-c3ccccc3)C=C4)C1)c1nc2c(-c2ccccc2)c2ccc([nH]2)c(-c2ccccc2)c2nc(c(-c3ccccc3)c3ccc([nH]3)c1-c1ccccc1)C=C2. The van der Waals surface area contributed by atoms with Gasteiger partial charge in [-0.25, -0.2) is 29.5 Å². The van der Waals surface area contributed by atoms with E-state index in [9.17, 15) is 0 Å². The molecule has 14 aromatic rings. The summed E-state index contributed by atoms with van der Waals surface area (Å²) in [6.07, 6.45) is 8.61. The first-order valence-corrected chi connectivity index (χ1v) is 39.0. The second kappa shape index (κ2) is 29.6. The van der Waals surface area contributed by atoms with Crippen molar-refractivity contribution in [1.29, 1.82) is 0 Å². The van der Waals surface area contributed by atoms with Crippen molar-refractivity contribution < 1.29 is 19.1 Å². The molecule has 0 spiro atoms. The van der Waals surface area contributed by atoms with Crippen LogP contribution in [0.15, 0.2) is 313 Å². The molecule has 0 fully saturated rings. The molecule has 0 saturated heterocycles. The van der Waals surface area contributed by atoms with Crippen LogP contribution < -0.4 is 0 Å². The van der Waals surface area contributed by atoms with Gasteiger partial charge in [-0.1, -0.05) is 254 Å². The molecule has 12 heteroatoms. The summed E-state index contributed by atoms with van der Waals surface area (Å²) in [5.41, 5.74) is 30.7. The summed E-state index contributed by atoms with van der Waals surface area (Å²) in [7, 11) is 0. The monoisotopic (exact) mass is 1490 g/mol. The average Bonchev–Trinajstić information content (AvgIpc) is 1.56. The summed E-state index contributed by atoms with van der Waals surface area (Å²) in [4.78, 5) is 69.3. The van der Waals surface area contributed by atoms with Gasteiger partial charge in [0.05, 0.1) is 69.9 Å². The molecular formula is C104H70N8O4. The summed E-state index contributed by atoms with van der Waals surface area (Å²) in [5.74, 6) is 13.1. The zero-order valence-corrected chi connectivity index (χ0v) is 63.3. The lowest BCUT2D eigenvalue weighted by Gasteiger charge is -2.10. The Hall–Kier alpha value is -15.5. The molecule has 0 radical (unpaired) electrons. The smallest absolute Gasteiger partial charge is 0.335 e. The standard InChI is InChI=1S/C104H70N8O4/c1-3-115-103(113)73-61-71(95-97(73)101-93(69-43-25-11-26-44-69)85-59-55-81(109-85)89(65-35-17-7-18-36-65)77-51-49-75(105-77)87(63-31-13-5-14-32-63)79-53-57-83(107-79)91(99(95)111-101)67-39-21-9-22-40-67)47-29-30-48-72-62-74(104(114)116-4-2)98-96(72)100-92(68-41-23-10-24-42-68)84-58-54-80(108-84)88(64-33-15-6-16-34-64)76-50-52-78(106-76)90(66-37-19-8-20-38-66)82-56-60-86(110-82)94(102(98)112-100)70-45-27-12-28-46-70/h5-28,31-46,49-60,107-110H,3-4,61-62H2,1-2H3. The quantitative estimate of drug-likeness (QED) is 0.0693. The third kappa shape index (κ3) is 12.3. The minimum absolute atomic E-state index is 0.101. The molecule has 10 heterocycles. The van der Waals surface area contributed by atoms with E-state index in [2.05, 4.69) is 214 Å². The minimum Gasteiger partial charge on any atom is -0.463 e. The van der Waals surface area contributed by atoms with Gasteiger partial charge in [-0.3, -0.25) is 0 Å². The van der Waals surface area contributed by atoms with Gasteiger partial charge in [0.2, 0.25) is 0 Å². The van der Waals surface area contributed by atoms with Gasteiger partial charge in [0.25, 0.3) is 0 Å². The van der Waals surface area contributed by atoms with E-state index in [-0.39, 0.29) is 26.1 Å². The Kier molecular flexibility index (Phi) is 17.8. The van der Waals surface area contributed by atoms with Gasteiger partial charge >= 0.3 is 11.9 Å². The van der Waals surface area contributed by atoms with Gasteiger partial charge < -0.3 is 29.4 Å². The lowest BCUT2D eigenvalue weighted by Crippen LogP contribution is -2.08. The third-order valence-electron chi connectivity index (χ3n) is 22.0. The first-order chi connectivity index (χ1) is 57.3. The molecule has 6 aromatic heterocycles. The lowest BCUT2D eigenvalue weighted by atomic mass is 9.93. The van der Waals surface area contributed by atoms with Gasteiger partial charge in [-0.2, -0.15) is 0 Å². The zero-order valence-electron chi connectivity index (χ0n) is 63.3. The van der Waals surface area contributed by atoms with Crippen LogP contribution in [0.3, 0.4) is 0 Å². The van der Waals surface area contributed by atoms with Gasteiger partial charge in [-0.05, 0) is 143 Å². The number of H-pyrrole nitrogens is 4. The normalized spacial score (nSPS) is 13.2. The Morgan fingerprint density at radius 1 is 0.276 bits per heavy atom. The maximum absolute atomic E-state index is 15.3. The molecule has 4 aliphatic heterocycles. The molecule has 6 aliphatic rings. The van der Waals surface area contributed by atoms with Crippen LogP contribution in [0.5, 0.6) is 0 Å². The van der Waals surface area contributed by atoms with Crippen molar-refractivity contribution >= 4 is 103 Å². The van der Waals surface area contributed by atoms with E-state index in [4.69, 9.17) is 29.4 Å². The number of nitrogens with zero attached hydrogens (tertiary/aromatic N) is 4. The fraction of sp³-hybridized carbons (Fsp3) is 0.0577. The highest BCUT2D eigenvalue weighted by Gasteiger charge is 2.41. The Morgan fingerprint density at radius 3 is 0.707 bits per heavy atom. The van der Waals surface area contributed by atoms with E-state index in [0.717, 1.165) is 156 Å². The van der Waals surface area contributed by atoms with Gasteiger partial charge in [0.1, 0.15) is 0 Å². The van der Waals surface area contributed by atoms with Crippen LogP contribution in [-0.4, -0.2) is 65.0 Å². The first-order valence-electron chi connectivity index (χ1n) is 39.0. The molecule has 0 saturated carbocycles. The number of hydrogen-bond donors (Lipinski definition) is 4. The Morgan fingerprint density at radius 2 is 0.483 bits per heavy atom. The second-order valence-electron chi connectivity index (χ2n) is 28.8. The number of rotatable bonds is 12. The van der Waals surface area contributed by atoms with Crippen LogP contribution in [0, 0.1) is 23.7 Å². The Balaban J connectivity index is 0.875. The molecular weight excluding hydrogens is 1430 g/mol. The number of hydrogen-bond acceptors (Lipinski definition) is 8. The van der Waals surface area contributed by atoms with E-state index >= 15 is 9.59 Å². The molecule has 20 rings (SSSR count). The Labute approximate surface area is 669 Å². The van der Waals surface area contributed by atoms with Gasteiger partial charge in [0.15, 0.2) is 0 Å². The van der Waals surface area contributed by atoms with Gasteiger partial charge in [-0.15, -0.1) is 0 Å². The summed E-state index contributed by atoms with van der Waals surface area (Å²) in [5, 5.41) is 0. The van der Waals surface area contributed by atoms with E-state index in [1.165, 1.54) is 0 Å². The molecule has 4 N–H and O–H groups in total. The molecule has 116 heavy (non-hydrogen) atoms. The highest BCUT2D eigenvalue weighted by molar-refractivity contribution is 6.25. The largest absolute Gasteiger partial charge is 0.463 e. The second-order valence-corrected chi connectivity index (χ2v) is 28.8. The maximum Gasteiger partial charge on any atom is 0.335 e. The molecule has 2 aliphatic carbocycles. The number of ether oxygens (including phenoxy) is 2. The third-order valence-corrected chi connectivity index (χ3v) is 22.0. The van der Waals surface area contributed by atoms with Crippen LogP contribution in [0.4, 0.5) is 0 Å². The van der Waals surface area contributed by atoms with Crippen molar-refractivity contribution in [2.45, 2.75) is 26.7 Å². The molecule has 0 amide bonds. The molecule has 0 atom stereocenters. The fourth-order valence-corrected chi connectivity index (χ4v) is 17.0. The van der Waals surface area contributed by atoms with E-state index in [1.54, 1.807) is 0 Å². The lowest BCUT2D eigenvalue weighted by molar-refractivity contribution is -0.139. The fourth-order valence-electron chi connectivity index (χ4n) is 17.0. The summed E-state index contributed by atoms with van der Waals surface area (Å²) in [6.45, 7) is 3.91. The van der Waals surface area contributed by atoms with Crippen LogP contribution in [-0.2, 0) is 19.1 Å². The number of allylic oxidation sites excluding steroid dienone is 6. The zero-order chi connectivity index (χ0) is 77.7. The average molecular weight is 1500 g/mol. The molecule has 12 nitrogen and oxygen atoms in total. The number of aromatic amines is 4. The molecule has 8 aromatic carbocycles. The van der Waals surface area contributed by atoms with Crippen molar-refractivity contribution in [3.05, 3.63) is 359 Å². The number of benzene rings is 8. The number of aromatic nitrogens is 8. The minimum atomic E-state index is -0.483. The number of nitrogens with one attached hydrogen (secondary N) is 4. The van der Waals surface area contributed by atoms with Crippen molar-refractivity contribution in [1.82, 2.24) is 39.9 Å². The summed E-state index contributed by atoms with van der Waals surface area (Å²) < 4.78 is 12.3. The van der Waals surface area contributed by atoms with Crippen LogP contribution in [0.1, 0.15) is 72.2 Å². The van der Waals surface area contributed by atoms with Crippen LogP contribution in [0.25, 0.3) is 180 Å². The highest BCUT2D eigenvalue weighted by Crippen LogP contribution is 2.55. The van der Waals surface area contributed by atoms with E-state index < -0.39 is 11.9 Å². The predicted molar refractivity (Wildman–Crippen MR) is 469 cm³/mol. The topological polar surface area (TPSA) is 167 Å². The summed E-state index contributed by atoms with van der Waals surface area (Å²) in [6, 6.07) is 99.2. The van der Waals surface area contributed by atoms with Crippen LogP contribution >= 0.6 is 0 Å². The Bertz CT molecular complexity index is 6710. The summed E-state index contributed by atoms with van der Waals surface area (Å²) >= 11 is 0. The van der Waals surface area contributed by atoms with Crippen LogP contribution in [0.2, 0.25) is 0 Å². The number of fused-ring (bicyclic) bond motifs is 22. The maximum atomic E-state index is 15.3. The number of carbonyl (C=O) groups is 2. The number of esters is 2. The first kappa shape index (κ1) is 69.7. The van der Waals surface area contributed by atoms with E-state index in [0.29, 0.717) is 67.4 Å². The van der Waals surface area contributed by atoms with Gasteiger partial charge in [0, 0.05) is 135 Å². The van der Waals surface area contributed by atoms with Crippen molar-refractivity contribution in [3.8, 4) is 113 Å². The molecule has 550 valence electrons.